The topological polar surface area (TPSA) is 43.8 Å². The van der Waals surface area contributed by atoms with E-state index in [-0.39, 0.29) is 0 Å². The molecule has 0 saturated heterocycles. The zero-order valence-corrected chi connectivity index (χ0v) is 12.0. The third kappa shape index (κ3) is 2.12. The van der Waals surface area contributed by atoms with E-state index in [0.717, 1.165) is 39.9 Å². The summed E-state index contributed by atoms with van der Waals surface area (Å²) in [6.45, 7) is 4.17. The van der Waals surface area contributed by atoms with E-state index < -0.39 is 0 Å². The molecule has 1 heterocycles. The molecule has 0 unspecified atom stereocenters. The molecule has 4 heteroatoms. The lowest BCUT2D eigenvalue weighted by atomic mass is 10.1. The fraction of sp³-hybridized carbons (Fsp3) is 0.400. The predicted octanol–water partition coefficient (Wildman–Crippen LogP) is 3.99. The minimum Gasteiger partial charge on any atom is -0.383 e. The predicted molar refractivity (Wildman–Crippen MR) is 79.5 cm³/mol. The summed E-state index contributed by atoms with van der Waals surface area (Å²) in [4.78, 5) is 4.75. The highest BCUT2D eigenvalue weighted by Crippen LogP contribution is 2.41. The van der Waals surface area contributed by atoms with Gasteiger partial charge < -0.3 is 10.3 Å². The molecule has 3 rings (SSSR count). The number of imidazole rings is 1. The van der Waals surface area contributed by atoms with Gasteiger partial charge in [-0.1, -0.05) is 24.6 Å². The second-order valence-corrected chi connectivity index (χ2v) is 5.61. The first-order valence-corrected chi connectivity index (χ1v) is 7.12. The summed E-state index contributed by atoms with van der Waals surface area (Å²) in [5, 5.41) is 0.747. The molecule has 19 heavy (non-hydrogen) atoms. The van der Waals surface area contributed by atoms with E-state index in [2.05, 4.69) is 11.5 Å². The molecule has 0 aliphatic heterocycles. The number of nitrogen functional groups attached to an aromatic ring is 1. The molecule has 3 nitrogen and oxygen atoms in total. The number of aryl methyl sites for hydroxylation is 2. The molecule has 100 valence electrons. The van der Waals surface area contributed by atoms with Crippen LogP contribution < -0.4 is 5.73 Å². The van der Waals surface area contributed by atoms with Gasteiger partial charge in [-0.3, -0.25) is 0 Å². The van der Waals surface area contributed by atoms with Crippen molar-refractivity contribution < 1.29 is 0 Å². The third-order valence-corrected chi connectivity index (χ3v) is 3.93. The van der Waals surface area contributed by atoms with E-state index in [1.807, 2.05) is 25.1 Å². The van der Waals surface area contributed by atoms with Gasteiger partial charge >= 0.3 is 0 Å². The van der Waals surface area contributed by atoms with Crippen molar-refractivity contribution in [3.05, 3.63) is 34.6 Å². The molecule has 0 radical (unpaired) electrons. The van der Waals surface area contributed by atoms with Gasteiger partial charge in [0.1, 0.15) is 17.3 Å². The summed E-state index contributed by atoms with van der Waals surface area (Å²) in [6.07, 6.45) is 3.34. The molecule has 0 bridgehead atoms. The molecule has 1 aromatic carbocycles. The summed E-state index contributed by atoms with van der Waals surface area (Å²) in [7, 11) is 0. The maximum absolute atomic E-state index is 6.33. The van der Waals surface area contributed by atoms with Crippen LogP contribution in [0.1, 0.15) is 37.2 Å². The highest BCUT2D eigenvalue weighted by molar-refractivity contribution is 6.30. The Morgan fingerprint density at radius 1 is 1.42 bits per heavy atom. The van der Waals surface area contributed by atoms with Gasteiger partial charge in [-0.15, -0.1) is 0 Å². The molecule has 1 aromatic heterocycles. The summed E-state index contributed by atoms with van der Waals surface area (Å²) in [5.74, 6) is 1.88. The zero-order chi connectivity index (χ0) is 13.6. The molecule has 1 fully saturated rings. The van der Waals surface area contributed by atoms with Gasteiger partial charge in [0, 0.05) is 23.0 Å². The second kappa shape index (κ2) is 4.57. The van der Waals surface area contributed by atoms with E-state index in [1.54, 1.807) is 0 Å². The van der Waals surface area contributed by atoms with E-state index in [4.69, 9.17) is 22.3 Å². The molecule has 1 saturated carbocycles. The van der Waals surface area contributed by atoms with Crippen molar-refractivity contribution in [2.24, 2.45) is 0 Å². The van der Waals surface area contributed by atoms with Crippen molar-refractivity contribution in [2.75, 3.05) is 5.73 Å². The fourth-order valence-corrected chi connectivity index (χ4v) is 2.80. The first-order valence-electron chi connectivity index (χ1n) is 6.75. The van der Waals surface area contributed by atoms with Gasteiger partial charge in [0.2, 0.25) is 0 Å². The number of aromatic nitrogens is 2. The van der Waals surface area contributed by atoms with Gasteiger partial charge in [-0.05, 0) is 37.5 Å². The van der Waals surface area contributed by atoms with Crippen LogP contribution in [0.3, 0.4) is 0 Å². The molecule has 2 N–H and O–H groups in total. The number of benzene rings is 1. The van der Waals surface area contributed by atoms with Crippen molar-refractivity contribution >= 4 is 17.4 Å². The summed E-state index contributed by atoms with van der Waals surface area (Å²) in [5.41, 5.74) is 9.42. The van der Waals surface area contributed by atoms with E-state index >= 15 is 0 Å². The van der Waals surface area contributed by atoms with Crippen LogP contribution in [0.15, 0.2) is 18.2 Å². The maximum atomic E-state index is 6.33. The highest BCUT2D eigenvalue weighted by Gasteiger charge is 2.29. The van der Waals surface area contributed by atoms with Crippen molar-refractivity contribution in [1.29, 1.82) is 0 Å². The molecular formula is C15H18ClN3. The Kier molecular flexibility index (Phi) is 3.02. The molecule has 0 spiro atoms. The minimum atomic E-state index is 0.559. The average Bonchev–Trinajstić information content (AvgIpc) is 3.14. The molecule has 0 amide bonds. The molecular weight excluding hydrogens is 258 g/mol. The van der Waals surface area contributed by atoms with Crippen LogP contribution in [0.25, 0.3) is 11.3 Å². The SMILES string of the molecule is CCc1nc(-c2ccc(Cl)cc2C)c(N)n1C1CC1. The number of hydrogen-bond acceptors (Lipinski definition) is 2. The Morgan fingerprint density at radius 2 is 2.16 bits per heavy atom. The van der Waals surface area contributed by atoms with Crippen molar-refractivity contribution in [2.45, 2.75) is 39.2 Å². The maximum Gasteiger partial charge on any atom is 0.132 e. The van der Waals surface area contributed by atoms with Crippen molar-refractivity contribution in [3.63, 3.8) is 0 Å². The quantitative estimate of drug-likeness (QED) is 0.920. The minimum absolute atomic E-state index is 0.559. The van der Waals surface area contributed by atoms with Crippen LogP contribution in [0.5, 0.6) is 0 Å². The number of rotatable bonds is 3. The van der Waals surface area contributed by atoms with Gasteiger partial charge in [-0.25, -0.2) is 4.98 Å². The number of hydrogen-bond donors (Lipinski definition) is 1. The number of nitrogens with two attached hydrogens (primary N) is 1. The van der Waals surface area contributed by atoms with Crippen LogP contribution in [0.4, 0.5) is 5.82 Å². The lowest BCUT2D eigenvalue weighted by Crippen LogP contribution is -2.04. The highest BCUT2D eigenvalue weighted by atomic mass is 35.5. The van der Waals surface area contributed by atoms with Gasteiger partial charge in [0.05, 0.1) is 0 Å². The Bertz CT molecular complexity index is 627. The van der Waals surface area contributed by atoms with Gasteiger partial charge in [0.15, 0.2) is 0 Å². The summed E-state index contributed by atoms with van der Waals surface area (Å²) >= 11 is 6.01. The molecule has 1 aliphatic rings. The summed E-state index contributed by atoms with van der Waals surface area (Å²) in [6, 6.07) is 6.42. The zero-order valence-electron chi connectivity index (χ0n) is 11.3. The lowest BCUT2D eigenvalue weighted by Gasteiger charge is -2.07. The van der Waals surface area contributed by atoms with Crippen LogP contribution in [-0.4, -0.2) is 9.55 Å². The van der Waals surface area contributed by atoms with E-state index in [1.165, 1.54) is 12.8 Å². The lowest BCUT2D eigenvalue weighted by molar-refractivity contribution is 0.696. The van der Waals surface area contributed by atoms with Crippen LogP contribution in [0, 0.1) is 6.92 Å². The molecule has 0 atom stereocenters. The van der Waals surface area contributed by atoms with Crippen LogP contribution in [0.2, 0.25) is 5.02 Å². The molecule has 1 aliphatic carbocycles. The fourth-order valence-electron chi connectivity index (χ4n) is 2.57. The second-order valence-electron chi connectivity index (χ2n) is 5.18. The van der Waals surface area contributed by atoms with E-state index in [0.29, 0.717) is 6.04 Å². The van der Waals surface area contributed by atoms with Crippen molar-refractivity contribution in [1.82, 2.24) is 9.55 Å². The Morgan fingerprint density at radius 3 is 2.74 bits per heavy atom. The monoisotopic (exact) mass is 275 g/mol. The first kappa shape index (κ1) is 12.5. The van der Waals surface area contributed by atoms with Crippen LogP contribution in [-0.2, 0) is 6.42 Å². The van der Waals surface area contributed by atoms with Crippen LogP contribution >= 0.6 is 11.6 Å². The molecule has 2 aromatic rings. The first-order chi connectivity index (χ1) is 9.11. The van der Waals surface area contributed by atoms with Crippen molar-refractivity contribution in [3.8, 4) is 11.3 Å². The van der Waals surface area contributed by atoms with Gasteiger partial charge in [0.25, 0.3) is 0 Å². The Hall–Kier alpha value is -1.48. The Labute approximate surface area is 118 Å². The standard InChI is InChI=1S/C15H18ClN3/c1-3-13-18-14(15(17)19(13)11-5-6-11)12-7-4-10(16)8-9(12)2/h4,7-8,11H,3,5-6,17H2,1-2H3. The largest absolute Gasteiger partial charge is 0.383 e. The van der Waals surface area contributed by atoms with E-state index in [9.17, 15) is 0 Å². The third-order valence-electron chi connectivity index (χ3n) is 3.69. The average molecular weight is 276 g/mol. The number of anilines is 1. The Balaban J connectivity index is 2.14. The summed E-state index contributed by atoms with van der Waals surface area (Å²) < 4.78 is 2.21. The number of nitrogens with zero attached hydrogens (tertiary/aromatic N) is 2. The normalized spacial score (nSPS) is 14.9. The van der Waals surface area contributed by atoms with Gasteiger partial charge in [-0.2, -0.15) is 0 Å². The number of halogens is 1. The smallest absolute Gasteiger partial charge is 0.132 e.